The number of halogens is 2. The molecule has 0 unspecified atom stereocenters. The molecule has 18 heavy (non-hydrogen) atoms. The minimum atomic E-state index is -0.908. The minimum Gasteiger partial charge on any atom is -0.481 e. The third kappa shape index (κ3) is 2.81. The van der Waals surface area contributed by atoms with Gasteiger partial charge in [-0.05, 0) is 29.8 Å². The van der Waals surface area contributed by atoms with Gasteiger partial charge >= 0.3 is 5.97 Å². The highest BCUT2D eigenvalue weighted by molar-refractivity contribution is 6.36. The lowest BCUT2D eigenvalue weighted by Crippen LogP contribution is -2.03. The zero-order valence-electron chi connectivity index (χ0n) is 9.23. The average Bonchev–Trinajstić information content (AvgIpc) is 2.30. The van der Waals surface area contributed by atoms with Crippen LogP contribution in [-0.4, -0.2) is 16.1 Å². The molecule has 0 atom stereocenters. The summed E-state index contributed by atoms with van der Waals surface area (Å²) in [4.78, 5) is 15.0. The zero-order valence-corrected chi connectivity index (χ0v) is 10.7. The lowest BCUT2D eigenvalue weighted by molar-refractivity contribution is -0.136. The number of aliphatic carboxylic acids is 1. The highest BCUT2D eigenvalue weighted by atomic mass is 35.5. The van der Waals surface area contributed by atoms with Crippen LogP contribution in [0.2, 0.25) is 10.0 Å². The van der Waals surface area contributed by atoms with Crippen LogP contribution in [-0.2, 0) is 11.2 Å². The van der Waals surface area contributed by atoms with E-state index >= 15 is 0 Å². The SMILES string of the molecule is O=C(O)Cc1cccnc1-c1ccc(Cl)cc1Cl. The van der Waals surface area contributed by atoms with Gasteiger partial charge in [0.1, 0.15) is 0 Å². The van der Waals surface area contributed by atoms with Gasteiger partial charge in [0.15, 0.2) is 0 Å². The van der Waals surface area contributed by atoms with Gasteiger partial charge in [0.2, 0.25) is 0 Å². The van der Waals surface area contributed by atoms with Gasteiger partial charge in [-0.3, -0.25) is 9.78 Å². The molecule has 0 radical (unpaired) electrons. The zero-order chi connectivity index (χ0) is 13.1. The molecule has 0 aliphatic heterocycles. The number of nitrogens with zero attached hydrogens (tertiary/aromatic N) is 1. The largest absolute Gasteiger partial charge is 0.481 e. The number of carboxylic acids is 1. The molecule has 1 heterocycles. The van der Waals surface area contributed by atoms with E-state index in [1.54, 1.807) is 36.5 Å². The first-order chi connectivity index (χ1) is 8.58. The topological polar surface area (TPSA) is 50.2 Å². The van der Waals surface area contributed by atoms with E-state index in [9.17, 15) is 4.79 Å². The number of aromatic nitrogens is 1. The molecule has 2 aromatic rings. The molecule has 2 rings (SSSR count). The predicted octanol–water partition coefficient (Wildman–Crippen LogP) is 3.68. The van der Waals surface area contributed by atoms with Crippen molar-refractivity contribution in [2.24, 2.45) is 0 Å². The fraction of sp³-hybridized carbons (Fsp3) is 0.0769. The molecule has 1 aromatic carbocycles. The number of rotatable bonds is 3. The van der Waals surface area contributed by atoms with Gasteiger partial charge in [0, 0.05) is 16.8 Å². The first-order valence-corrected chi connectivity index (χ1v) is 5.94. The summed E-state index contributed by atoms with van der Waals surface area (Å²) in [6.07, 6.45) is 1.51. The van der Waals surface area contributed by atoms with Crippen molar-refractivity contribution in [3.63, 3.8) is 0 Å². The summed E-state index contributed by atoms with van der Waals surface area (Å²) in [5, 5.41) is 9.85. The maximum absolute atomic E-state index is 10.8. The second kappa shape index (κ2) is 5.38. The van der Waals surface area contributed by atoms with Crippen molar-refractivity contribution >= 4 is 29.2 Å². The van der Waals surface area contributed by atoms with E-state index in [2.05, 4.69) is 4.98 Å². The molecule has 92 valence electrons. The van der Waals surface area contributed by atoms with E-state index in [0.29, 0.717) is 26.9 Å². The Balaban J connectivity index is 2.53. The van der Waals surface area contributed by atoms with Gasteiger partial charge in [-0.15, -0.1) is 0 Å². The van der Waals surface area contributed by atoms with Crippen molar-refractivity contribution in [2.45, 2.75) is 6.42 Å². The van der Waals surface area contributed by atoms with Crippen LogP contribution in [0.3, 0.4) is 0 Å². The summed E-state index contributed by atoms with van der Waals surface area (Å²) >= 11 is 11.9. The average molecular weight is 282 g/mol. The second-order valence-corrected chi connectivity index (χ2v) is 4.55. The van der Waals surface area contributed by atoms with Gasteiger partial charge < -0.3 is 5.11 Å². The summed E-state index contributed by atoms with van der Waals surface area (Å²) in [5.74, 6) is -0.908. The molecule has 1 aromatic heterocycles. The summed E-state index contributed by atoms with van der Waals surface area (Å²) in [6, 6.07) is 8.46. The predicted molar refractivity (Wildman–Crippen MR) is 71.0 cm³/mol. The molecule has 0 saturated heterocycles. The Hall–Kier alpha value is -1.58. The van der Waals surface area contributed by atoms with E-state index in [0.717, 1.165) is 0 Å². The Kier molecular flexibility index (Phi) is 3.84. The summed E-state index contributed by atoms with van der Waals surface area (Å²) < 4.78 is 0. The van der Waals surface area contributed by atoms with Crippen LogP contribution in [0.4, 0.5) is 0 Å². The Morgan fingerprint density at radius 3 is 2.72 bits per heavy atom. The van der Waals surface area contributed by atoms with Crippen molar-refractivity contribution in [1.29, 1.82) is 0 Å². The molecular formula is C13H9Cl2NO2. The van der Waals surface area contributed by atoms with Crippen LogP contribution in [0.5, 0.6) is 0 Å². The van der Waals surface area contributed by atoms with E-state index in [4.69, 9.17) is 28.3 Å². The Morgan fingerprint density at radius 2 is 2.06 bits per heavy atom. The Morgan fingerprint density at radius 1 is 1.28 bits per heavy atom. The van der Waals surface area contributed by atoms with Crippen LogP contribution in [0, 0.1) is 0 Å². The molecular weight excluding hydrogens is 273 g/mol. The summed E-state index contributed by atoms with van der Waals surface area (Å²) in [5.41, 5.74) is 1.87. The van der Waals surface area contributed by atoms with Crippen LogP contribution < -0.4 is 0 Å². The number of carboxylic acid groups (broad SMARTS) is 1. The van der Waals surface area contributed by atoms with E-state index in [1.165, 1.54) is 0 Å². The Bertz CT molecular complexity index is 599. The smallest absolute Gasteiger partial charge is 0.307 e. The number of benzene rings is 1. The van der Waals surface area contributed by atoms with Crippen LogP contribution in [0.15, 0.2) is 36.5 Å². The fourth-order valence-corrected chi connectivity index (χ4v) is 2.17. The minimum absolute atomic E-state index is 0.0951. The van der Waals surface area contributed by atoms with Crippen molar-refractivity contribution in [2.75, 3.05) is 0 Å². The first-order valence-electron chi connectivity index (χ1n) is 5.19. The summed E-state index contributed by atoms with van der Waals surface area (Å²) in [7, 11) is 0. The molecule has 3 nitrogen and oxygen atoms in total. The summed E-state index contributed by atoms with van der Waals surface area (Å²) in [6.45, 7) is 0. The molecule has 0 aliphatic rings. The molecule has 1 N–H and O–H groups in total. The first kappa shape index (κ1) is 12.9. The standard InChI is InChI=1S/C13H9Cl2NO2/c14-9-3-4-10(11(15)7-9)13-8(6-12(17)18)2-1-5-16-13/h1-5,7H,6H2,(H,17,18). The quantitative estimate of drug-likeness (QED) is 0.934. The number of hydrogen-bond donors (Lipinski definition) is 1. The number of carbonyl (C=O) groups is 1. The van der Waals surface area contributed by atoms with E-state index in [-0.39, 0.29) is 6.42 Å². The molecule has 5 heteroatoms. The van der Waals surface area contributed by atoms with Crippen LogP contribution in [0.1, 0.15) is 5.56 Å². The lowest BCUT2D eigenvalue weighted by Gasteiger charge is -2.08. The normalized spacial score (nSPS) is 10.3. The maximum atomic E-state index is 10.8. The van der Waals surface area contributed by atoms with Gasteiger partial charge in [0.05, 0.1) is 17.1 Å². The van der Waals surface area contributed by atoms with Crippen LogP contribution in [0.25, 0.3) is 11.3 Å². The van der Waals surface area contributed by atoms with Crippen molar-refractivity contribution in [1.82, 2.24) is 4.98 Å². The van der Waals surface area contributed by atoms with Gasteiger partial charge in [-0.2, -0.15) is 0 Å². The number of pyridine rings is 1. The second-order valence-electron chi connectivity index (χ2n) is 3.71. The lowest BCUT2D eigenvalue weighted by atomic mass is 10.0. The van der Waals surface area contributed by atoms with Gasteiger partial charge in [-0.1, -0.05) is 29.3 Å². The van der Waals surface area contributed by atoms with Gasteiger partial charge in [0.25, 0.3) is 0 Å². The third-order valence-corrected chi connectivity index (χ3v) is 2.97. The van der Waals surface area contributed by atoms with Crippen LogP contribution >= 0.6 is 23.2 Å². The molecule has 0 fully saturated rings. The van der Waals surface area contributed by atoms with E-state index < -0.39 is 5.97 Å². The molecule has 0 amide bonds. The molecule has 0 saturated carbocycles. The third-order valence-electron chi connectivity index (χ3n) is 2.42. The van der Waals surface area contributed by atoms with Gasteiger partial charge in [-0.25, -0.2) is 0 Å². The van der Waals surface area contributed by atoms with E-state index in [1.807, 2.05) is 0 Å². The number of hydrogen-bond acceptors (Lipinski definition) is 2. The molecule has 0 aliphatic carbocycles. The molecule has 0 bridgehead atoms. The highest BCUT2D eigenvalue weighted by Crippen LogP contribution is 2.31. The highest BCUT2D eigenvalue weighted by Gasteiger charge is 2.12. The Labute approximate surface area is 114 Å². The molecule has 0 spiro atoms. The van der Waals surface area contributed by atoms with Crippen molar-refractivity contribution in [3.05, 3.63) is 52.1 Å². The fourth-order valence-electron chi connectivity index (χ4n) is 1.67. The monoisotopic (exact) mass is 281 g/mol. The maximum Gasteiger partial charge on any atom is 0.307 e. The van der Waals surface area contributed by atoms with Crippen molar-refractivity contribution < 1.29 is 9.90 Å². The van der Waals surface area contributed by atoms with Crippen molar-refractivity contribution in [3.8, 4) is 11.3 Å².